The lowest BCUT2D eigenvalue weighted by Crippen LogP contribution is -2.20. The highest BCUT2D eigenvalue weighted by Gasteiger charge is 2.12. The van der Waals surface area contributed by atoms with Crippen molar-refractivity contribution < 1.29 is 0 Å². The van der Waals surface area contributed by atoms with Crippen molar-refractivity contribution in [1.29, 1.82) is 0 Å². The number of nitrogen functional groups attached to an aromatic ring is 1. The molecule has 1 aromatic carbocycles. The lowest BCUT2D eigenvalue weighted by Gasteiger charge is -2.13. The average Bonchev–Trinajstić information content (AvgIpc) is 2.61. The van der Waals surface area contributed by atoms with Crippen molar-refractivity contribution in [1.82, 2.24) is 9.78 Å². The van der Waals surface area contributed by atoms with Crippen LogP contribution in [0.5, 0.6) is 0 Å². The summed E-state index contributed by atoms with van der Waals surface area (Å²) in [6, 6.07) is 7.00. The molecule has 1 heterocycles. The van der Waals surface area contributed by atoms with Crippen LogP contribution in [0.2, 0.25) is 5.02 Å². The summed E-state index contributed by atoms with van der Waals surface area (Å²) < 4.78 is 1.48. The van der Waals surface area contributed by atoms with Crippen molar-refractivity contribution in [2.45, 2.75) is 19.9 Å². The average molecular weight is 252 g/mol. The molecule has 2 rings (SSSR count). The highest BCUT2D eigenvalue weighted by molar-refractivity contribution is 6.31. The van der Waals surface area contributed by atoms with Gasteiger partial charge in [0.25, 0.3) is 5.56 Å². The van der Waals surface area contributed by atoms with Gasteiger partial charge in [-0.25, -0.2) is 4.68 Å². The maximum Gasteiger partial charge on any atom is 0.269 e. The number of nitrogens with one attached hydrogen (secondary N) is 1. The van der Waals surface area contributed by atoms with Gasteiger partial charge in [-0.15, -0.1) is 0 Å². The maximum absolute atomic E-state index is 11.6. The molecule has 0 bridgehead atoms. The van der Waals surface area contributed by atoms with E-state index in [1.165, 1.54) is 10.7 Å². The maximum atomic E-state index is 11.6. The third kappa shape index (κ3) is 2.22. The third-order valence-electron chi connectivity index (χ3n) is 2.83. The Hall–Kier alpha value is -1.68. The molecule has 1 unspecified atom stereocenters. The van der Waals surface area contributed by atoms with Crippen molar-refractivity contribution in [3.8, 4) is 0 Å². The molecule has 17 heavy (non-hydrogen) atoms. The summed E-state index contributed by atoms with van der Waals surface area (Å²) in [5.41, 5.74) is 7.38. The third-order valence-corrected chi connectivity index (χ3v) is 3.24. The molecule has 0 aliphatic carbocycles. The zero-order valence-electron chi connectivity index (χ0n) is 9.70. The van der Waals surface area contributed by atoms with Crippen molar-refractivity contribution in [3.05, 3.63) is 50.8 Å². The van der Waals surface area contributed by atoms with Gasteiger partial charge in [-0.05, 0) is 31.0 Å². The molecule has 0 fully saturated rings. The molecule has 0 saturated heterocycles. The fourth-order valence-corrected chi connectivity index (χ4v) is 1.92. The Morgan fingerprint density at radius 1 is 1.41 bits per heavy atom. The Kier molecular flexibility index (Phi) is 2.98. The minimum Gasteiger partial charge on any atom is -0.384 e. The van der Waals surface area contributed by atoms with Crippen molar-refractivity contribution >= 4 is 17.4 Å². The lowest BCUT2D eigenvalue weighted by atomic mass is 10.1. The van der Waals surface area contributed by atoms with Crippen molar-refractivity contribution in [2.75, 3.05) is 5.73 Å². The first-order valence-corrected chi connectivity index (χ1v) is 5.70. The minimum absolute atomic E-state index is 0.127. The molecule has 0 amide bonds. The number of aromatic amines is 1. The van der Waals surface area contributed by atoms with E-state index in [-0.39, 0.29) is 11.6 Å². The molecule has 4 nitrogen and oxygen atoms in total. The van der Waals surface area contributed by atoms with E-state index in [1.54, 1.807) is 0 Å². The first-order chi connectivity index (χ1) is 7.99. The normalized spacial score (nSPS) is 12.6. The zero-order chi connectivity index (χ0) is 12.6. The first kappa shape index (κ1) is 11.8. The second-order valence-electron chi connectivity index (χ2n) is 4.10. The van der Waals surface area contributed by atoms with Gasteiger partial charge in [0.05, 0.1) is 6.04 Å². The number of nitrogens with two attached hydrogens (primary N) is 1. The fourth-order valence-electron chi connectivity index (χ4n) is 1.73. The molecule has 3 N–H and O–H groups in total. The van der Waals surface area contributed by atoms with Gasteiger partial charge in [0.1, 0.15) is 5.82 Å². The fraction of sp³-hybridized carbons (Fsp3) is 0.250. The van der Waals surface area contributed by atoms with E-state index in [1.807, 2.05) is 32.0 Å². The Labute approximate surface area is 104 Å². The van der Waals surface area contributed by atoms with Crippen LogP contribution in [0.25, 0.3) is 0 Å². The van der Waals surface area contributed by atoms with Crippen LogP contribution in [-0.2, 0) is 0 Å². The van der Waals surface area contributed by atoms with Crippen LogP contribution in [0.4, 0.5) is 5.82 Å². The molecule has 0 aliphatic heterocycles. The standard InChI is InChI=1S/C12H14ClN3O/c1-7-3-4-9(5-10(7)13)8(2)16-12(17)6-11(14)15-16/h3-6,8,15H,14H2,1-2H3. The topological polar surface area (TPSA) is 63.8 Å². The summed E-state index contributed by atoms with van der Waals surface area (Å²) in [5, 5.41) is 3.51. The predicted octanol–water partition coefficient (Wildman–Crippen LogP) is 2.33. The molecule has 0 radical (unpaired) electrons. The van der Waals surface area contributed by atoms with E-state index >= 15 is 0 Å². The van der Waals surface area contributed by atoms with Crippen LogP contribution in [0.1, 0.15) is 24.1 Å². The summed E-state index contributed by atoms with van der Waals surface area (Å²) in [5.74, 6) is 0.361. The Morgan fingerprint density at radius 3 is 2.65 bits per heavy atom. The van der Waals surface area contributed by atoms with E-state index in [0.29, 0.717) is 10.8 Å². The van der Waals surface area contributed by atoms with Gasteiger partial charge in [-0.3, -0.25) is 9.89 Å². The number of nitrogens with zero attached hydrogens (tertiary/aromatic N) is 1. The van der Waals surface area contributed by atoms with Crippen LogP contribution < -0.4 is 11.3 Å². The zero-order valence-corrected chi connectivity index (χ0v) is 10.5. The molecule has 0 aliphatic rings. The van der Waals surface area contributed by atoms with Crippen LogP contribution in [-0.4, -0.2) is 9.78 Å². The predicted molar refractivity (Wildman–Crippen MR) is 69.5 cm³/mol. The Morgan fingerprint density at radius 2 is 2.12 bits per heavy atom. The van der Waals surface area contributed by atoms with Gasteiger partial charge in [0, 0.05) is 11.1 Å². The molecule has 0 saturated carbocycles. The van der Waals surface area contributed by atoms with Gasteiger partial charge >= 0.3 is 0 Å². The monoisotopic (exact) mass is 251 g/mol. The summed E-state index contributed by atoms with van der Waals surface area (Å²) in [7, 11) is 0. The molecule has 90 valence electrons. The summed E-state index contributed by atoms with van der Waals surface area (Å²) in [6.45, 7) is 3.86. The van der Waals surface area contributed by atoms with Crippen LogP contribution in [0.15, 0.2) is 29.1 Å². The largest absolute Gasteiger partial charge is 0.384 e. The van der Waals surface area contributed by atoms with E-state index < -0.39 is 0 Å². The number of aryl methyl sites for hydroxylation is 1. The summed E-state index contributed by atoms with van der Waals surface area (Å²) >= 11 is 6.07. The van der Waals surface area contributed by atoms with Gasteiger partial charge in [-0.1, -0.05) is 23.7 Å². The second kappa shape index (κ2) is 4.30. The van der Waals surface area contributed by atoms with Gasteiger partial charge < -0.3 is 5.73 Å². The minimum atomic E-state index is -0.147. The SMILES string of the molecule is Cc1ccc(C(C)n2[nH]c(N)cc2=O)cc1Cl. The molecule has 1 aromatic heterocycles. The number of aromatic nitrogens is 2. The van der Waals surface area contributed by atoms with E-state index in [9.17, 15) is 4.79 Å². The second-order valence-corrected chi connectivity index (χ2v) is 4.51. The number of rotatable bonds is 2. The van der Waals surface area contributed by atoms with Crippen LogP contribution in [0, 0.1) is 6.92 Å². The molecular formula is C12H14ClN3O. The molecule has 1 atom stereocenters. The molecule has 2 aromatic rings. The Bertz CT molecular complexity index is 600. The number of benzene rings is 1. The van der Waals surface area contributed by atoms with Crippen molar-refractivity contribution in [3.63, 3.8) is 0 Å². The highest BCUT2D eigenvalue weighted by Crippen LogP contribution is 2.22. The first-order valence-electron chi connectivity index (χ1n) is 5.32. The number of anilines is 1. The number of H-pyrrole nitrogens is 1. The van der Waals surface area contributed by atoms with Gasteiger partial charge in [0.2, 0.25) is 0 Å². The van der Waals surface area contributed by atoms with E-state index in [0.717, 1.165) is 11.1 Å². The number of hydrogen-bond donors (Lipinski definition) is 2. The van der Waals surface area contributed by atoms with Crippen LogP contribution >= 0.6 is 11.6 Å². The lowest BCUT2D eigenvalue weighted by molar-refractivity contribution is 0.549. The van der Waals surface area contributed by atoms with Gasteiger partial charge in [-0.2, -0.15) is 0 Å². The van der Waals surface area contributed by atoms with E-state index in [2.05, 4.69) is 5.10 Å². The Balaban J connectivity index is 2.43. The van der Waals surface area contributed by atoms with Gasteiger partial charge in [0.15, 0.2) is 0 Å². The quantitative estimate of drug-likeness (QED) is 0.860. The smallest absolute Gasteiger partial charge is 0.269 e. The van der Waals surface area contributed by atoms with Crippen molar-refractivity contribution in [2.24, 2.45) is 0 Å². The van der Waals surface area contributed by atoms with E-state index in [4.69, 9.17) is 17.3 Å². The number of hydrogen-bond acceptors (Lipinski definition) is 2. The molecule has 5 heteroatoms. The molecule has 0 spiro atoms. The van der Waals surface area contributed by atoms with Crippen LogP contribution in [0.3, 0.4) is 0 Å². The summed E-state index contributed by atoms with van der Waals surface area (Å²) in [6.07, 6.45) is 0. The number of halogens is 1. The highest BCUT2D eigenvalue weighted by atomic mass is 35.5. The molecular weight excluding hydrogens is 238 g/mol. The summed E-state index contributed by atoms with van der Waals surface area (Å²) in [4.78, 5) is 11.6.